The molecule has 0 fully saturated rings. The van der Waals surface area contributed by atoms with Crippen LogP contribution in [0.15, 0.2) is 30.3 Å². The number of amides is 2. The Bertz CT molecular complexity index is 672. The van der Waals surface area contributed by atoms with E-state index in [9.17, 15) is 9.90 Å². The van der Waals surface area contributed by atoms with Crippen molar-refractivity contribution < 1.29 is 9.90 Å². The minimum absolute atomic E-state index is 0.350. The molecule has 1 heterocycles. The van der Waals surface area contributed by atoms with Crippen molar-refractivity contribution in [2.24, 2.45) is 0 Å². The lowest BCUT2D eigenvalue weighted by molar-refractivity contribution is 0.160. The number of aromatic nitrogens is 2. The van der Waals surface area contributed by atoms with Crippen molar-refractivity contribution in [3.05, 3.63) is 41.0 Å². The second-order valence-electron chi connectivity index (χ2n) is 5.27. The lowest BCUT2D eigenvalue weighted by Gasteiger charge is -2.09. The van der Waals surface area contributed by atoms with E-state index in [1.807, 2.05) is 32.0 Å². The van der Waals surface area contributed by atoms with Crippen molar-refractivity contribution in [3.8, 4) is 5.69 Å². The molecule has 0 saturated heterocycles. The summed E-state index contributed by atoms with van der Waals surface area (Å²) in [6, 6.07) is 8.79. The third-order valence-electron chi connectivity index (χ3n) is 3.44. The molecule has 0 bridgehead atoms. The molecule has 0 saturated carbocycles. The maximum absolute atomic E-state index is 11.8. The molecule has 0 radical (unpaired) electrons. The van der Waals surface area contributed by atoms with Crippen LogP contribution in [0.3, 0.4) is 0 Å². The molecule has 0 aliphatic heterocycles. The number of hydrogen-bond donors (Lipinski definition) is 3. The Hall–Kier alpha value is -2.05. The second kappa shape index (κ2) is 7.99. The average molecular weight is 337 g/mol. The van der Waals surface area contributed by atoms with Crippen LogP contribution in [0, 0.1) is 6.92 Å². The molecule has 2 aromatic rings. The number of hydrogen-bond acceptors (Lipinski definition) is 3. The fourth-order valence-corrected chi connectivity index (χ4v) is 2.34. The van der Waals surface area contributed by atoms with Gasteiger partial charge in [0, 0.05) is 18.3 Å². The molecule has 3 N–H and O–H groups in total. The first kappa shape index (κ1) is 17.3. The van der Waals surface area contributed by atoms with E-state index in [-0.39, 0.29) is 6.03 Å². The van der Waals surface area contributed by atoms with Gasteiger partial charge in [-0.2, -0.15) is 0 Å². The first-order valence-electron chi connectivity index (χ1n) is 7.55. The van der Waals surface area contributed by atoms with E-state index >= 15 is 0 Å². The van der Waals surface area contributed by atoms with E-state index < -0.39 is 6.10 Å². The maximum Gasteiger partial charge on any atom is 0.320 e. The monoisotopic (exact) mass is 336 g/mol. The summed E-state index contributed by atoms with van der Waals surface area (Å²) in [4.78, 5) is 11.8. The standard InChI is InChI=1S/C16H21ClN4O2/c1-3-12(22)8-9-18-16(23)19-15-10-11(2)21(20-15)14-7-5-4-6-13(14)17/h4-7,10,12,22H,3,8-9H2,1-2H3,(H2,18,19,20,23). The van der Waals surface area contributed by atoms with Crippen LogP contribution >= 0.6 is 11.6 Å². The number of para-hydroxylation sites is 1. The summed E-state index contributed by atoms with van der Waals surface area (Å²) >= 11 is 6.17. The van der Waals surface area contributed by atoms with Crippen molar-refractivity contribution >= 4 is 23.4 Å². The number of nitrogens with one attached hydrogen (secondary N) is 2. The number of nitrogens with zero attached hydrogens (tertiary/aromatic N) is 2. The SMILES string of the molecule is CCC(O)CCNC(=O)Nc1cc(C)n(-c2ccccc2Cl)n1. The van der Waals surface area contributed by atoms with Crippen molar-refractivity contribution in [1.29, 1.82) is 0 Å². The molecule has 1 atom stereocenters. The number of carbonyl (C=O) groups excluding carboxylic acids is 1. The third kappa shape index (κ3) is 4.71. The van der Waals surface area contributed by atoms with Gasteiger partial charge in [0.25, 0.3) is 0 Å². The molecule has 1 unspecified atom stereocenters. The Labute approximate surface area is 140 Å². The minimum atomic E-state index is -0.392. The van der Waals surface area contributed by atoms with Crippen LogP contribution in [0.4, 0.5) is 10.6 Å². The highest BCUT2D eigenvalue weighted by molar-refractivity contribution is 6.32. The summed E-state index contributed by atoms with van der Waals surface area (Å²) in [5.41, 5.74) is 1.61. The molecule has 6 nitrogen and oxygen atoms in total. The van der Waals surface area contributed by atoms with Crippen LogP contribution in [-0.2, 0) is 0 Å². The van der Waals surface area contributed by atoms with E-state index in [0.717, 1.165) is 11.4 Å². The molecular formula is C16H21ClN4O2. The molecule has 0 spiro atoms. The molecule has 2 amide bonds. The normalized spacial score (nSPS) is 12.0. The van der Waals surface area contributed by atoms with Gasteiger partial charge in [-0.25, -0.2) is 9.48 Å². The Kier molecular flexibility index (Phi) is 6.01. The molecule has 23 heavy (non-hydrogen) atoms. The second-order valence-corrected chi connectivity index (χ2v) is 5.67. The van der Waals surface area contributed by atoms with Crippen LogP contribution < -0.4 is 10.6 Å². The zero-order valence-electron chi connectivity index (χ0n) is 13.2. The van der Waals surface area contributed by atoms with Crippen molar-refractivity contribution in [1.82, 2.24) is 15.1 Å². The third-order valence-corrected chi connectivity index (χ3v) is 3.76. The van der Waals surface area contributed by atoms with E-state index in [4.69, 9.17) is 11.6 Å². The van der Waals surface area contributed by atoms with Gasteiger partial charge < -0.3 is 10.4 Å². The first-order chi connectivity index (χ1) is 11.0. The van der Waals surface area contributed by atoms with Gasteiger partial charge in [-0.05, 0) is 31.9 Å². The average Bonchev–Trinajstić information content (AvgIpc) is 2.87. The van der Waals surface area contributed by atoms with E-state index in [0.29, 0.717) is 30.2 Å². The molecule has 0 aliphatic rings. The highest BCUT2D eigenvalue weighted by Gasteiger charge is 2.11. The van der Waals surface area contributed by atoms with Crippen LogP contribution in [0.2, 0.25) is 5.02 Å². The lowest BCUT2D eigenvalue weighted by Crippen LogP contribution is -2.31. The Balaban J connectivity index is 1.99. The molecule has 1 aromatic heterocycles. The summed E-state index contributed by atoms with van der Waals surface area (Å²) in [5, 5.41) is 19.8. The molecule has 7 heteroatoms. The fourth-order valence-electron chi connectivity index (χ4n) is 2.12. The summed E-state index contributed by atoms with van der Waals surface area (Å²) < 4.78 is 1.68. The van der Waals surface area contributed by atoms with E-state index in [2.05, 4.69) is 15.7 Å². The summed E-state index contributed by atoms with van der Waals surface area (Å²) in [5.74, 6) is 0.441. The van der Waals surface area contributed by atoms with Gasteiger partial charge in [0.2, 0.25) is 0 Å². The lowest BCUT2D eigenvalue weighted by atomic mass is 10.2. The highest BCUT2D eigenvalue weighted by Crippen LogP contribution is 2.22. The van der Waals surface area contributed by atoms with Crippen LogP contribution in [0.1, 0.15) is 25.5 Å². The van der Waals surface area contributed by atoms with Gasteiger partial charge in [-0.1, -0.05) is 30.7 Å². The zero-order chi connectivity index (χ0) is 16.8. The largest absolute Gasteiger partial charge is 0.393 e. The number of anilines is 1. The number of halogens is 1. The molecule has 0 aliphatic carbocycles. The van der Waals surface area contributed by atoms with Crippen LogP contribution in [-0.4, -0.2) is 33.6 Å². The number of urea groups is 1. The number of aryl methyl sites for hydroxylation is 1. The molecule has 1 aromatic carbocycles. The summed E-state index contributed by atoms with van der Waals surface area (Å²) in [7, 11) is 0. The predicted octanol–water partition coefficient (Wildman–Crippen LogP) is 3.12. The Morgan fingerprint density at radius 3 is 2.87 bits per heavy atom. The Morgan fingerprint density at radius 1 is 1.43 bits per heavy atom. The zero-order valence-corrected chi connectivity index (χ0v) is 14.0. The van der Waals surface area contributed by atoms with Crippen LogP contribution in [0.5, 0.6) is 0 Å². The Morgan fingerprint density at radius 2 is 2.17 bits per heavy atom. The van der Waals surface area contributed by atoms with Gasteiger partial charge in [0.1, 0.15) is 0 Å². The number of benzene rings is 1. The quantitative estimate of drug-likeness (QED) is 0.758. The van der Waals surface area contributed by atoms with Crippen molar-refractivity contribution in [2.45, 2.75) is 32.8 Å². The molecule has 124 valence electrons. The number of rotatable bonds is 6. The first-order valence-corrected chi connectivity index (χ1v) is 7.93. The van der Waals surface area contributed by atoms with Crippen molar-refractivity contribution in [2.75, 3.05) is 11.9 Å². The fraction of sp³-hybridized carbons (Fsp3) is 0.375. The topological polar surface area (TPSA) is 79.2 Å². The van der Waals surface area contributed by atoms with Gasteiger partial charge >= 0.3 is 6.03 Å². The van der Waals surface area contributed by atoms with Crippen LogP contribution in [0.25, 0.3) is 5.69 Å². The molecule has 2 rings (SSSR count). The summed E-state index contributed by atoms with van der Waals surface area (Å²) in [6.45, 7) is 4.19. The van der Waals surface area contributed by atoms with E-state index in [1.54, 1.807) is 16.8 Å². The van der Waals surface area contributed by atoms with Gasteiger partial charge in [0.15, 0.2) is 5.82 Å². The smallest absolute Gasteiger partial charge is 0.320 e. The predicted molar refractivity (Wildman–Crippen MR) is 91.2 cm³/mol. The minimum Gasteiger partial charge on any atom is -0.393 e. The maximum atomic E-state index is 11.8. The number of aliphatic hydroxyl groups excluding tert-OH is 1. The van der Waals surface area contributed by atoms with Gasteiger partial charge in [-0.15, -0.1) is 5.10 Å². The van der Waals surface area contributed by atoms with Crippen molar-refractivity contribution in [3.63, 3.8) is 0 Å². The molecular weight excluding hydrogens is 316 g/mol. The summed E-state index contributed by atoms with van der Waals surface area (Å²) in [6.07, 6.45) is 0.804. The van der Waals surface area contributed by atoms with Gasteiger partial charge in [0.05, 0.1) is 16.8 Å². The highest BCUT2D eigenvalue weighted by atomic mass is 35.5. The van der Waals surface area contributed by atoms with Gasteiger partial charge in [-0.3, -0.25) is 5.32 Å². The van der Waals surface area contributed by atoms with E-state index in [1.165, 1.54) is 0 Å². The number of carbonyl (C=O) groups is 1. The number of aliphatic hydroxyl groups is 1.